The Bertz CT molecular complexity index is 710. The number of aliphatic imine (C=N–C) groups is 1. The van der Waals surface area contributed by atoms with Crippen molar-refractivity contribution in [2.24, 2.45) is 4.99 Å². The van der Waals surface area contributed by atoms with E-state index in [0.29, 0.717) is 32.1 Å². The first-order chi connectivity index (χ1) is 13.0. The molecule has 1 unspecified atom stereocenters. The van der Waals surface area contributed by atoms with Gasteiger partial charge >= 0.3 is 0 Å². The van der Waals surface area contributed by atoms with Crippen molar-refractivity contribution in [3.05, 3.63) is 29.8 Å². The average molecular weight is 524 g/mol. The Morgan fingerprint density at radius 3 is 2.57 bits per heavy atom. The second kappa shape index (κ2) is 12.5. The lowest BCUT2D eigenvalue weighted by Crippen LogP contribution is -2.42. The summed E-state index contributed by atoms with van der Waals surface area (Å²) in [5.74, 6) is 2.26. The third kappa shape index (κ3) is 7.75. The highest BCUT2D eigenvalue weighted by Gasteiger charge is 2.27. The molecule has 1 saturated heterocycles. The predicted octanol–water partition coefficient (Wildman–Crippen LogP) is 2.40. The van der Waals surface area contributed by atoms with E-state index in [2.05, 4.69) is 34.7 Å². The summed E-state index contributed by atoms with van der Waals surface area (Å²) in [5.41, 5.74) is 1.27. The lowest BCUT2D eigenvalue weighted by molar-refractivity contribution is 0.414. The zero-order valence-corrected chi connectivity index (χ0v) is 20.1. The molecule has 0 amide bonds. The van der Waals surface area contributed by atoms with Gasteiger partial charge in [0.05, 0.1) is 12.9 Å². The average Bonchev–Trinajstić information content (AvgIpc) is 3.00. The quantitative estimate of drug-likeness (QED) is 0.295. The van der Waals surface area contributed by atoms with Crippen molar-refractivity contribution in [2.45, 2.75) is 32.6 Å². The van der Waals surface area contributed by atoms with Crippen molar-refractivity contribution in [3.63, 3.8) is 0 Å². The summed E-state index contributed by atoms with van der Waals surface area (Å²) in [4.78, 5) is 4.61. The first-order valence-corrected chi connectivity index (χ1v) is 11.2. The van der Waals surface area contributed by atoms with Crippen LogP contribution in [0.1, 0.15) is 38.2 Å². The van der Waals surface area contributed by atoms with Crippen LogP contribution in [0.5, 0.6) is 5.75 Å². The Morgan fingerprint density at radius 1 is 1.29 bits per heavy atom. The number of rotatable bonds is 9. The van der Waals surface area contributed by atoms with Crippen LogP contribution in [-0.2, 0) is 10.0 Å². The van der Waals surface area contributed by atoms with Crippen molar-refractivity contribution in [3.8, 4) is 5.75 Å². The number of guanidine groups is 1. The Balaban J connectivity index is 0.00000392. The van der Waals surface area contributed by atoms with Gasteiger partial charge in [0, 0.05) is 32.7 Å². The summed E-state index contributed by atoms with van der Waals surface area (Å²) in [6, 6.07) is 8.14. The lowest BCUT2D eigenvalue weighted by Gasteiger charge is -2.17. The molecule has 28 heavy (non-hydrogen) atoms. The number of sulfonamides is 1. The maximum absolute atomic E-state index is 11.8. The van der Waals surface area contributed by atoms with Crippen LogP contribution in [-0.4, -0.2) is 64.3 Å². The molecule has 7 nitrogen and oxygen atoms in total. The number of methoxy groups -OCH3 is 1. The van der Waals surface area contributed by atoms with Gasteiger partial charge in [-0.3, -0.25) is 4.99 Å². The van der Waals surface area contributed by atoms with Gasteiger partial charge in [0.15, 0.2) is 5.96 Å². The molecular formula is C19H33IN4O3S. The Kier molecular flexibility index (Phi) is 11.1. The molecule has 1 aliphatic rings. The molecule has 160 valence electrons. The molecule has 0 radical (unpaired) electrons. The van der Waals surface area contributed by atoms with Crippen molar-refractivity contribution >= 4 is 40.0 Å². The largest absolute Gasteiger partial charge is 0.497 e. The van der Waals surface area contributed by atoms with E-state index in [-0.39, 0.29) is 29.7 Å². The van der Waals surface area contributed by atoms with Gasteiger partial charge in [-0.1, -0.05) is 19.1 Å². The molecular weight excluding hydrogens is 491 g/mol. The van der Waals surface area contributed by atoms with Crippen molar-refractivity contribution in [1.29, 1.82) is 0 Å². The number of benzene rings is 1. The number of nitrogens with zero attached hydrogens (tertiary/aromatic N) is 2. The highest BCUT2D eigenvalue weighted by molar-refractivity contribution is 14.0. The van der Waals surface area contributed by atoms with Gasteiger partial charge in [-0.05, 0) is 43.4 Å². The lowest BCUT2D eigenvalue weighted by atomic mass is 9.98. The van der Waals surface area contributed by atoms with Crippen LogP contribution < -0.4 is 15.4 Å². The van der Waals surface area contributed by atoms with Crippen LogP contribution in [0.2, 0.25) is 0 Å². The monoisotopic (exact) mass is 524 g/mol. The van der Waals surface area contributed by atoms with Crippen LogP contribution in [0, 0.1) is 0 Å². The Labute approximate surface area is 186 Å². The molecule has 2 N–H and O–H groups in total. The van der Waals surface area contributed by atoms with Gasteiger partial charge in [-0.15, -0.1) is 24.0 Å². The minimum absolute atomic E-state index is 0. The molecule has 1 aromatic carbocycles. The summed E-state index contributed by atoms with van der Waals surface area (Å²) in [7, 11) is -1.37. The second-order valence-corrected chi connectivity index (χ2v) is 8.81. The van der Waals surface area contributed by atoms with Crippen LogP contribution in [0.4, 0.5) is 0 Å². The second-order valence-electron chi connectivity index (χ2n) is 6.72. The van der Waals surface area contributed by atoms with Gasteiger partial charge in [-0.2, -0.15) is 0 Å². The standard InChI is InChI=1S/C19H32N4O3S.HI/c1-4-20-19(22-12-14-23-13-5-15-27(23,24)25)21-11-10-16(2)17-6-8-18(26-3)9-7-17;/h6-9,16H,4-5,10-15H2,1-3H3,(H2,20,21,22);1H. The predicted molar refractivity (Wildman–Crippen MR) is 125 cm³/mol. The number of ether oxygens (including phenoxy) is 1. The number of hydrogen-bond acceptors (Lipinski definition) is 4. The Hall–Kier alpha value is -1.07. The summed E-state index contributed by atoms with van der Waals surface area (Å²) < 4.78 is 30.4. The maximum atomic E-state index is 11.8. The summed E-state index contributed by atoms with van der Waals surface area (Å²) in [6.07, 6.45) is 1.66. The fourth-order valence-corrected chi connectivity index (χ4v) is 4.58. The van der Waals surface area contributed by atoms with Crippen LogP contribution in [0.25, 0.3) is 0 Å². The molecule has 1 fully saturated rings. The molecule has 0 aliphatic carbocycles. The third-order valence-electron chi connectivity index (χ3n) is 4.72. The summed E-state index contributed by atoms with van der Waals surface area (Å²) >= 11 is 0. The molecule has 0 spiro atoms. The van der Waals surface area contributed by atoms with E-state index in [9.17, 15) is 8.42 Å². The summed E-state index contributed by atoms with van der Waals surface area (Å²) in [6.45, 7) is 7.33. The summed E-state index contributed by atoms with van der Waals surface area (Å²) in [5, 5.41) is 6.44. The van der Waals surface area contributed by atoms with E-state index in [1.54, 1.807) is 11.4 Å². The molecule has 1 heterocycles. The molecule has 0 aromatic heterocycles. The van der Waals surface area contributed by atoms with Crippen molar-refractivity contribution in [2.75, 3.05) is 45.6 Å². The fraction of sp³-hybridized carbons (Fsp3) is 0.632. The van der Waals surface area contributed by atoms with Crippen LogP contribution in [0.3, 0.4) is 0 Å². The molecule has 0 bridgehead atoms. The van der Waals surface area contributed by atoms with E-state index < -0.39 is 10.0 Å². The van der Waals surface area contributed by atoms with Gasteiger partial charge < -0.3 is 15.4 Å². The molecule has 1 atom stereocenters. The number of halogens is 1. The van der Waals surface area contributed by atoms with Crippen molar-refractivity contribution in [1.82, 2.24) is 14.9 Å². The van der Waals surface area contributed by atoms with Gasteiger partial charge in [-0.25, -0.2) is 12.7 Å². The highest BCUT2D eigenvalue weighted by atomic mass is 127. The van der Waals surface area contributed by atoms with Crippen molar-refractivity contribution < 1.29 is 13.2 Å². The van der Waals surface area contributed by atoms with E-state index >= 15 is 0 Å². The topological polar surface area (TPSA) is 83.0 Å². The van der Waals surface area contributed by atoms with E-state index in [1.165, 1.54) is 5.56 Å². The SMILES string of the molecule is CCNC(=NCCC(C)c1ccc(OC)cc1)NCCN1CCCS1(=O)=O.I. The highest BCUT2D eigenvalue weighted by Crippen LogP contribution is 2.21. The first kappa shape index (κ1) is 25.0. The van der Waals surface area contributed by atoms with Gasteiger partial charge in [0.25, 0.3) is 0 Å². The molecule has 9 heteroatoms. The minimum atomic E-state index is -3.04. The Morgan fingerprint density at radius 2 is 2.00 bits per heavy atom. The maximum Gasteiger partial charge on any atom is 0.214 e. The van der Waals surface area contributed by atoms with E-state index in [0.717, 1.165) is 31.1 Å². The third-order valence-corrected chi connectivity index (χ3v) is 6.67. The molecule has 1 aromatic rings. The number of nitrogens with one attached hydrogen (secondary N) is 2. The van der Waals surface area contributed by atoms with E-state index in [4.69, 9.17) is 4.74 Å². The zero-order chi connectivity index (χ0) is 19.7. The van der Waals surface area contributed by atoms with Gasteiger partial charge in [0.2, 0.25) is 10.0 Å². The van der Waals surface area contributed by atoms with Crippen LogP contribution in [0.15, 0.2) is 29.3 Å². The van der Waals surface area contributed by atoms with Gasteiger partial charge in [0.1, 0.15) is 5.75 Å². The number of hydrogen-bond donors (Lipinski definition) is 2. The smallest absolute Gasteiger partial charge is 0.214 e. The molecule has 0 saturated carbocycles. The first-order valence-electron chi connectivity index (χ1n) is 9.60. The van der Waals surface area contributed by atoms with Crippen LogP contribution >= 0.6 is 24.0 Å². The zero-order valence-electron chi connectivity index (χ0n) is 17.0. The minimum Gasteiger partial charge on any atom is -0.497 e. The normalized spacial score (nSPS) is 17.6. The van der Waals surface area contributed by atoms with E-state index in [1.807, 2.05) is 19.1 Å². The fourth-order valence-electron chi connectivity index (χ4n) is 3.05. The molecule has 2 rings (SSSR count). The molecule has 1 aliphatic heterocycles.